The van der Waals surface area contributed by atoms with E-state index in [4.69, 9.17) is 4.74 Å². The summed E-state index contributed by atoms with van der Waals surface area (Å²) < 4.78 is 4.98. The first kappa shape index (κ1) is 22.1. The first-order chi connectivity index (χ1) is 13.4. The van der Waals surface area contributed by atoms with E-state index in [0.717, 1.165) is 26.1 Å². The molecular formula is C22H33N3O3. The molecule has 0 bridgehead atoms. The Kier molecular flexibility index (Phi) is 8.67. The van der Waals surface area contributed by atoms with Crippen LogP contribution in [-0.2, 0) is 14.3 Å². The second-order valence-corrected chi connectivity index (χ2v) is 7.63. The maximum absolute atomic E-state index is 12.9. The fraction of sp³-hybridized carbons (Fsp3) is 0.545. The van der Waals surface area contributed by atoms with Crippen molar-refractivity contribution in [1.82, 2.24) is 15.1 Å². The van der Waals surface area contributed by atoms with E-state index < -0.39 is 5.41 Å². The van der Waals surface area contributed by atoms with Gasteiger partial charge in [0.25, 0.3) is 0 Å². The maximum atomic E-state index is 12.9. The van der Waals surface area contributed by atoms with Crippen molar-refractivity contribution in [3.63, 3.8) is 0 Å². The summed E-state index contributed by atoms with van der Waals surface area (Å²) in [5, 5.41) is 2.84. The third-order valence-electron chi connectivity index (χ3n) is 5.05. The van der Waals surface area contributed by atoms with Crippen molar-refractivity contribution in [2.24, 2.45) is 5.41 Å². The quantitative estimate of drug-likeness (QED) is 0.520. The number of carbonyl (C=O) groups excluding carboxylic acids is 2. The summed E-state index contributed by atoms with van der Waals surface area (Å²) in [5.41, 5.74) is 0.136. The summed E-state index contributed by atoms with van der Waals surface area (Å²) in [5.74, 6) is -0.321. The molecule has 1 heterocycles. The zero-order chi connectivity index (χ0) is 20.4. The Labute approximate surface area is 168 Å². The maximum Gasteiger partial charge on any atom is 0.237 e. The smallest absolute Gasteiger partial charge is 0.237 e. The number of carbonyl (C=O) groups is 2. The highest BCUT2D eigenvalue weighted by Gasteiger charge is 2.39. The van der Waals surface area contributed by atoms with Gasteiger partial charge < -0.3 is 15.0 Å². The van der Waals surface area contributed by atoms with Crippen molar-refractivity contribution >= 4 is 17.9 Å². The number of nitrogens with one attached hydrogen (secondary N) is 1. The minimum absolute atomic E-state index is 0.101. The summed E-state index contributed by atoms with van der Waals surface area (Å²) in [7, 11) is 1.63. The van der Waals surface area contributed by atoms with Crippen LogP contribution in [0.5, 0.6) is 0 Å². The van der Waals surface area contributed by atoms with Gasteiger partial charge in [0.05, 0.1) is 0 Å². The molecule has 0 spiro atoms. The van der Waals surface area contributed by atoms with Crippen LogP contribution in [-0.4, -0.2) is 74.6 Å². The lowest BCUT2D eigenvalue weighted by molar-refractivity contribution is -0.149. The highest BCUT2D eigenvalue weighted by atomic mass is 16.5. The van der Waals surface area contributed by atoms with Crippen LogP contribution in [0.3, 0.4) is 0 Å². The van der Waals surface area contributed by atoms with Crippen LogP contribution in [0, 0.1) is 5.41 Å². The van der Waals surface area contributed by atoms with E-state index in [2.05, 4.69) is 34.5 Å². The fourth-order valence-electron chi connectivity index (χ4n) is 3.17. The summed E-state index contributed by atoms with van der Waals surface area (Å²) >= 11 is 0. The Morgan fingerprint density at radius 2 is 1.82 bits per heavy atom. The monoisotopic (exact) mass is 387 g/mol. The van der Waals surface area contributed by atoms with Crippen molar-refractivity contribution in [1.29, 1.82) is 0 Å². The molecule has 1 aromatic carbocycles. The topological polar surface area (TPSA) is 61.9 Å². The van der Waals surface area contributed by atoms with Gasteiger partial charge in [0.2, 0.25) is 11.8 Å². The van der Waals surface area contributed by atoms with E-state index in [1.165, 1.54) is 5.56 Å². The first-order valence-corrected chi connectivity index (χ1v) is 9.95. The molecule has 6 heteroatoms. The number of nitrogens with zero attached hydrogens (tertiary/aromatic N) is 2. The average molecular weight is 388 g/mol. The van der Waals surface area contributed by atoms with Gasteiger partial charge in [-0.2, -0.15) is 0 Å². The molecule has 6 nitrogen and oxygen atoms in total. The van der Waals surface area contributed by atoms with Gasteiger partial charge in [0.15, 0.2) is 0 Å². The minimum Gasteiger partial charge on any atom is -0.385 e. The first-order valence-electron chi connectivity index (χ1n) is 9.95. The second-order valence-electron chi connectivity index (χ2n) is 7.63. The van der Waals surface area contributed by atoms with Crippen molar-refractivity contribution in [3.8, 4) is 0 Å². The molecule has 1 aliphatic rings. The van der Waals surface area contributed by atoms with Crippen LogP contribution >= 0.6 is 0 Å². The van der Waals surface area contributed by atoms with Crippen LogP contribution in [0.1, 0.15) is 25.8 Å². The lowest BCUT2D eigenvalue weighted by Crippen LogP contribution is -2.55. The molecule has 0 unspecified atom stereocenters. The molecule has 1 N–H and O–H groups in total. The van der Waals surface area contributed by atoms with Crippen molar-refractivity contribution < 1.29 is 14.3 Å². The molecule has 1 aromatic rings. The summed E-state index contributed by atoms with van der Waals surface area (Å²) in [4.78, 5) is 29.4. The Balaban J connectivity index is 1.77. The molecule has 0 aromatic heterocycles. The average Bonchev–Trinajstić information content (AvgIpc) is 2.71. The molecule has 0 radical (unpaired) electrons. The molecule has 0 saturated carbocycles. The lowest BCUT2D eigenvalue weighted by atomic mass is 9.90. The molecule has 1 saturated heterocycles. The summed E-state index contributed by atoms with van der Waals surface area (Å²) in [6.45, 7) is 8.32. The zero-order valence-electron chi connectivity index (χ0n) is 17.3. The molecule has 28 heavy (non-hydrogen) atoms. The number of amides is 2. The highest BCUT2D eigenvalue weighted by Crippen LogP contribution is 2.20. The van der Waals surface area contributed by atoms with E-state index in [9.17, 15) is 9.59 Å². The number of methoxy groups -OCH3 is 1. The molecule has 0 atom stereocenters. The summed E-state index contributed by atoms with van der Waals surface area (Å²) in [6, 6.07) is 10.2. The zero-order valence-corrected chi connectivity index (χ0v) is 17.3. The number of benzene rings is 1. The predicted octanol–water partition coefficient (Wildman–Crippen LogP) is 2.02. The Hall–Kier alpha value is -2.18. The van der Waals surface area contributed by atoms with Gasteiger partial charge in [0, 0.05) is 53.0 Å². The van der Waals surface area contributed by atoms with Crippen LogP contribution in [0.4, 0.5) is 0 Å². The molecule has 1 fully saturated rings. The number of rotatable bonds is 9. The number of piperazine rings is 1. The number of ether oxygens (including phenoxy) is 1. The third-order valence-corrected chi connectivity index (χ3v) is 5.05. The van der Waals surface area contributed by atoms with Gasteiger partial charge in [-0.1, -0.05) is 42.5 Å². The van der Waals surface area contributed by atoms with E-state index in [-0.39, 0.29) is 11.8 Å². The van der Waals surface area contributed by atoms with Crippen molar-refractivity contribution in [3.05, 3.63) is 42.0 Å². The molecule has 154 valence electrons. The van der Waals surface area contributed by atoms with E-state index in [1.54, 1.807) is 21.0 Å². The fourth-order valence-corrected chi connectivity index (χ4v) is 3.17. The lowest BCUT2D eigenvalue weighted by Gasteiger charge is -2.37. The van der Waals surface area contributed by atoms with Gasteiger partial charge in [-0.05, 0) is 25.8 Å². The standard InChI is InChI=1S/C22H33N3O3/c1-22(2,20(26)23-12-8-18-28-3)21(27)25-16-14-24(15-17-25)13-7-11-19-9-5-4-6-10-19/h4-7,9-11H,8,12-18H2,1-3H3,(H,23,26)/b11-7+. The van der Waals surface area contributed by atoms with Gasteiger partial charge in [0.1, 0.15) is 5.41 Å². The summed E-state index contributed by atoms with van der Waals surface area (Å²) in [6.07, 6.45) is 5.01. The SMILES string of the molecule is COCCCNC(=O)C(C)(C)C(=O)N1CCN(C/C=C/c2ccccc2)CC1. The normalized spacial score (nSPS) is 15.8. The van der Waals surface area contributed by atoms with E-state index in [1.807, 2.05) is 23.1 Å². The van der Waals surface area contributed by atoms with Crippen LogP contribution < -0.4 is 5.32 Å². The highest BCUT2D eigenvalue weighted by molar-refractivity contribution is 6.04. The predicted molar refractivity (Wildman–Crippen MR) is 112 cm³/mol. The van der Waals surface area contributed by atoms with Crippen LogP contribution in [0.15, 0.2) is 36.4 Å². The number of hydrogen-bond donors (Lipinski definition) is 1. The largest absolute Gasteiger partial charge is 0.385 e. The van der Waals surface area contributed by atoms with Gasteiger partial charge in [-0.15, -0.1) is 0 Å². The van der Waals surface area contributed by atoms with Gasteiger partial charge in [-0.3, -0.25) is 14.5 Å². The second kappa shape index (κ2) is 11.0. The van der Waals surface area contributed by atoms with Crippen LogP contribution in [0.25, 0.3) is 6.08 Å². The van der Waals surface area contributed by atoms with Gasteiger partial charge >= 0.3 is 0 Å². The molecule has 2 rings (SSSR count). The Morgan fingerprint density at radius 1 is 1.14 bits per heavy atom. The van der Waals surface area contributed by atoms with Gasteiger partial charge in [-0.25, -0.2) is 0 Å². The van der Waals surface area contributed by atoms with Crippen molar-refractivity contribution in [2.45, 2.75) is 20.3 Å². The van der Waals surface area contributed by atoms with Crippen molar-refractivity contribution in [2.75, 3.05) is 53.0 Å². The Morgan fingerprint density at radius 3 is 2.46 bits per heavy atom. The molecular weight excluding hydrogens is 354 g/mol. The third kappa shape index (κ3) is 6.46. The Bertz CT molecular complexity index is 650. The van der Waals surface area contributed by atoms with Crippen LogP contribution in [0.2, 0.25) is 0 Å². The van der Waals surface area contributed by atoms with E-state index in [0.29, 0.717) is 26.2 Å². The van der Waals surface area contributed by atoms with E-state index >= 15 is 0 Å². The molecule has 1 aliphatic heterocycles. The molecule has 2 amide bonds. The molecule has 0 aliphatic carbocycles. The minimum atomic E-state index is -1.05. The number of hydrogen-bond acceptors (Lipinski definition) is 4.